The number of benzene rings is 3. The van der Waals surface area contributed by atoms with Gasteiger partial charge in [-0.1, -0.05) is 12.1 Å². The predicted molar refractivity (Wildman–Crippen MR) is 139 cm³/mol. The SMILES string of the molecule is COc1ccc(OC(CNC(=O)c2cc(OC)c(OC)c(OC)c2)Cc2nc3ccccc3s2)cc1. The maximum Gasteiger partial charge on any atom is 0.251 e. The Morgan fingerprint density at radius 1 is 0.889 bits per heavy atom. The van der Waals surface area contributed by atoms with Crippen LogP contribution in [-0.2, 0) is 6.42 Å². The average Bonchev–Trinajstić information content (AvgIpc) is 3.33. The van der Waals surface area contributed by atoms with Crippen molar-refractivity contribution in [3.8, 4) is 28.7 Å². The minimum absolute atomic E-state index is 0.261. The summed E-state index contributed by atoms with van der Waals surface area (Å²) in [6, 6.07) is 18.6. The molecule has 4 rings (SSSR count). The minimum atomic E-state index is -0.357. The molecular formula is C27H28N2O6S. The molecule has 0 saturated heterocycles. The van der Waals surface area contributed by atoms with Gasteiger partial charge in [-0.3, -0.25) is 4.79 Å². The fraction of sp³-hybridized carbons (Fsp3) is 0.259. The monoisotopic (exact) mass is 508 g/mol. The summed E-state index contributed by atoms with van der Waals surface area (Å²) in [5, 5.41) is 3.90. The van der Waals surface area contributed by atoms with E-state index in [1.807, 2.05) is 48.5 Å². The molecule has 0 aliphatic carbocycles. The number of nitrogens with one attached hydrogen (secondary N) is 1. The first-order valence-electron chi connectivity index (χ1n) is 11.3. The molecule has 3 aromatic carbocycles. The van der Waals surface area contributed by atoms with Gasteiger partial charge in [0.25, 0.3) is 5.91 Å². The number of para-hydroxylation sites is 1. The van der Waals surface area contributed by atoms with Crippen LogP contribution in [0.1, 0.15) is 15.4 Å². The molecule has 36 heavy (non-hydrogen) atoms. The molecule has 8 nitrogen and oxygen atoms in total. The number of hydrogen-bond donors (Lipinski definition) is 1. The highest BCUT2D eigenvalue weighted by Gasteiger charge is 2.20. The summed E-state index contributed by atoms with van der Waals surface area (Å²) < 4.78 is 28.7. The van der Waals surface area contributed by atoms with Crippen LogP contribution in [0.25, 0.3) is 10.2 Å². The average molecular weight is 509 g/mol. The van der Waals surface area contributed by atoms with Gasteiger partial charge in [-0.2, -0.15) is 0 Å². The van der Waals surface area contributed by atoms with E-state index < -0.39 is 0 Å². The van der Waals surface area contributed by atoms with Crippen molar-refractivity contribution in [1.82, 2.24) is 10.3 Å². The molecule has 4 aromatic rings. The Bertz CT molecular complexity index is 1260. The first kappa shape index (κ1) is 25.1. The van der Waals surface area contributed by atoms with Gasteiger partial charge in [-0.15, -0.1) is 11.3 Å². The molecule has 1 atom stereocenters. The Hall–Kier alpha value is -3.98. The van der Waals surface area contributed by atoms with Crippen LogP contribution in [0, 0.1) is 0 Å². The smallest absolute Gasteiger partial charge is 0.251 e. The van der Waals surface area contributed by atoms with Gasteiger partial charge in [-0.25, -0.2) is 4.98 Å². The van der Waals surface area contributed by atoms with Crippen molar-refractivity contribution in [1.29, 1.82) is 0 Å². The number of rotatable bonds is 11. The lowest BCUT2D eigenvalue weighted by Crippen LogP contribution is -2.36. The van der Waals surface area contributed by atoms with Gasteiger partial charge in [0.15, 0.2) is 11.5 Å². The highest BCUT2D eigenvalue weighted by molar-refractivity contribution is 7.18. The molecule has 1 aromatic heterocycles. The Labute approximate surface area is 213 Å². The number of thiazole rings is 1. The zero-order chi connectivity index (χ0) is 25.5. The van der Waals surface area contributed by atoms with E-state index in [4.69, 9.17) is 28.7 Å². The number of aromatic nitrogens is 1. The third-order valence-electron chi connectivity index (χ3n) is 5.52. The van der Waals surface area contributed by atoms with Gasteiger partial charge < -0.3 is 29.0 Å². The Balaban J connectivity index is 1.53. The number of hydrogen-bond acceptors (Lipinski definition) is 8. The molecule has 1 amide bonds. The number of nitrogens with zero attached hydrogens (tertiary/aromatic N) is 1. The molecule has 0 aliphatic rings. The zero-order valence-corrected chi connectivity index (χ0v) is 21.4. The summed E-state index contributed by atoms with van der Waals surface area (Å²) in [6.07, 6.45) is 0.172. The molecule has 1 unspecified atom stereocenters. The summed E-state index contributed by atoms with van der Waals surface area (Å²) in [5.41, 5.74) is 1.33. The summed E-state index contributed by atoms with van der Waals surface area (Å²) in [5.74, 6) is 2.35. The van der Waals surface area contributed by atoms with Gasteiger partial charge in [-0.05, 0) is 48.5 Å². The van der Waals surface area contributed by atoms with Crippen molar-refractivity contribution in [3.05, 3.63) is 71.2 Å². The molecule has 1 heterocycles. The number of carbonyl (C=O) groups excluding carboxylic acids is 1. The highest BCUT2D eigenvalue weighted by atomic mass is 32.1. The van der Waals surface area contributed by atoms with Crippen molar-refractivity contribution in [2.75, 3.05) is 35.0 Å². The van der Waals surface area contributed by atoms with Crippen LogP contribution >= 0.6 is 11.3 Å². The quantitative estimate of drug-likeness (QED) is 0.313. The third-order valence-corrected chi connectivity index (χ3v) is 6.58. The van der Waals surface area contributed by atoms with Crippen LogP contribution in [-0.4, -0.2) is 52.0 Å². The summed E-state index contributed by atoms with van der Waals surface area (Å²) in [7, 11) is 6.15. The third kappa shape index (κ3) is 5.80. The first-order valence-corrected chi connectivity index (χ1v) is 12.1. The van der Waals surface area contributed by atoms with Gasteiger partial charge in [0.1, 0.15) is 17.6 Å². The van der Waals surface area contributed by atoms with Crippen LogP contribution in [0.15, 0.2) is 60.7 Å². The predicted octanol–water partition coefficient (Wildman–Crippen LogP) is 4.75. The summed E-state index contributed by atoms with van der Waals surface area (Å²) in [4.78, 5) is 17.8. The van der Waals surface area contributed by atoms with Gasteiger partial charge in [0.05, 0.1) is 50.2 Å². The lowest BCUT2D eigenvalue weighted by atomic mass is 10.1. The van der Waals surface area contributed by atoms with Crippen LogP contribution < -0.4 is 29.0 Å². The molecule has 0 radical (unpaired) electrons. The second-order valence-electron chi connectivity index (χ2n) is 7.82. The number of carbonyl (C=O) groups is 1. The van der Waals surface area contributed by atoms with E-state index >= 15 is 0 Å². The molecule has 0 fully saturated rings. The van der Waals surface area contributed by atoms with Gasteiger partial charge in [0, 0.05) is 12.0 Å². The molecule has 0 spiro atoms. The van der Waals surface area contributed by atoms with E-state index in [0.717, 1.165) is 21.0 Å². The van der Waals surface area contributed by atoms with Crippen LogP contribution in [0.2, 0.25) is 0 Å². The van der Waals surface area contributed by atoms with E-state index in [1.165, 1.54) is 21.3 Å². The van der Waals surface area contributed by atoms with Crippen molar-refractivity contribution in [2.24, 2.45) is 0 Å². The first-order chi connectivity index (χ1) is 17.5. The number of ether oxygens (including phenoxy) is 5. The van der Waals surface area contributed by atoms with Crippen molar-refractivity contribution < 1.29 is 28.5 Å². The zero-order valence-electron chi connectivity index (χ0n) is 20.6. The van der Waals surface area contributed by atoms with E-state index in [2.05, 4.69) is 5.32 Å². The minimum Gasteiger partial charge on any atom is -0.497 e. The number of fused-ring (bicyclic) bond motifs is 1. The molecule has 0 bridgehead atoms. The van der Waals surface area contributed by atoms with Crippen molar-refractivity contribution in [2.45, 2.75) is 12.5 Å². The summed E-state index contributed by atoms with van der Waals surface area (Å²) >= 11 is 1.62. The number of amides is 1. The van der Waals surface area contributed by atoms with Gasteiger partial charge in [0.2, 0.25) is 5.75 Å². The van der Waals surface area contributed by atoms with Crippen LogP contribution in [0.5, 0.6) is 28.7 Å². The Kier molecular flexibility index (Phi) is 8.12. The van der Waals surface area contributed by atoms with E-state index in [0.29, 0.717) is 35.0 Å². The molecule has 1 N–H and O–H groups in total. The van der Waals surface area contributed by atoms with E-state index in [1.54, 1.807) is 30.6 Å². The molecule has 0 aliphatic heterocycles. The molecular weight excluding hydrogens is 480 g/mol. The van der Waals surface area contributed by atoms with E-state index in [9.17, 15) is 4.79 Å². The standard InChI is InChI=1S/C27H28N2O6S/c1-31-18-9-11-19(12-10-18)35-20(15-25-29-21-7-5-6-8-24(21)36-25)16-28-27(30)17-13-22(32-2)26(34-4)23(14-17)33-3/h5-14,20H,15-16H2,1-4H3,(H,28,30). The second kappa shape index (κ2) is 11.6. The van der Waals surface area contributed by atoms with Crippen molar-refractivity contribution in [3.63, 3.8) is 0 Å². The Morgan fingerprint density at radius 3 is 2.17 bits per heavy atom. The molecule has 0 saturated carbocycles. The second-order valence-corrected chi connectivity index (χ2v) is 8.93. The molecule has 9 heteroatoms. The maximum atomic E-state index is 13.1. The fourth-order valence-electron chi connectivity index (χ4n) is 3.73. The van der Waals surface area contributed by atoms with Crippen LogP contribution in [0.4, 0.5) is 0 Å². The Morgan fingerprint density at radius 2 is 1.56 bits per heavy atom. The maximum absolute atomic E-state index is 13.1. The largest absolute Gasteiger partial charge is 0.497 e. The lowest BCUT2D eigenvalue weighted by Gasteiger charge is -2.20. The topological polar surface area (TPSA) is 88.1 Å². The number of methoxy groups -OCH3 is 4. The molecule has 188 valence electrons. The summed E-state index contributed by atoms with van der Waals surface area (Å²) in [6.45, 7) is 0.261. The lowest BCUT2D eigenvalue weighted by molar-refractivity contribution is 0.0926. The van der Waals surface area contributed by atoms with Crippen LogP contribution in [0.3, 0.4) is 0 Å². The fourth-order valence-corrected chi connectivity index (χ4v) is 4.76. The normalized spacial score (nSPS) is 11.6. The van der Waals surface area contributed by atoms with Gasteiger partial charge >= 0.3 is 0 Å². The highest BCUT2D eigenvalue weighted by Crippen LogP contribution is 2.38. The van der Waals surface area contributed by atoms with Crippen molar-refractivity contribution >= 4 is 27.5 Å². The van der Waals surface area contributed by atoms with E-state index in [-0.39, 0.29) is 18.6 Å².